The molecule has 0 saturated carbocycles. The van der Waals surface area contributed by atoms with Crippen LogP contribution >= 0.6 is 0 Å². The first-order chi connectivity index (χ1) is 8.19. The van der Waals surface area contributed by atoms with E-state index in [1.54, 1.807) is 4.68 Å². The molecule has 1 aliphatic rings. The lowest BCUT2D eigenvalue weighted by Crippen LogP contribution is -2.38. The topological polar surface area (TPSA) is 56.1 Å². The van der Waals surface area contributed by atoms with E-state index in [9.17, 15) is 4.79 Å². The van der Waals surface area contributed by atoms with Gasteiger partial charge in [-0.15, -0.1) is 0 Å². The van der Waals surface area contributed by atoms with Gasteiger partial charge in [0.05, 0.1) is 12.3 Å². The molecule has 0 bridgehead atoms. The summed E-state index contributed by atoms with van der Waals surface area (Å²) in [6, 6.07) is 0.152. The molecule has 1 amide bonds. The molecule has 0 radical (unpaired) electrons. The molecule has 17 heavy (non-hydrogen) atoms. The van der Waals surface area contributed by atoms with Crippen LogP contribution in [0.5, 0.6) is 0 Å². The van der Waals surface area contributed by atoms with E-state index in [1.807, 2.05) is 19.4 Å². The second kappa shape index (κ2) is 5.14. The van der Waals surface area contributed by atoms with Gasteiger partial charge >= 0.3 is 0 Å². The zero-order valence-electron chi connectivity index (χ0n) is 9.93. The third kappa shape index (κ3) is 2.94. The Kier molecular flexibility index (Phi) is 3.58. The lowest BCUT2D eigenvalue weighted by Gasteiger charge is -2.29. The average Bonchev–Trinajstić information content (AvgIpc) is 2.76. The Hall–Kier alpha value is -1.62. The number of hydrogen-bond acceptors (Lipinski definition) is 3. The number of aryl methyl sites for hydroxylation is 1. The summed E-state index contributed by atoms with van der Waals surface area (Å²) in [5.41, 5.74) is 1.06. The van der Waals surface area contributed by atoms with Gasteiger partial charge in [-0.3, -0.25) is 9.48 Å². The first-order valence-electron chi connectivity index (χ1n) is 5.72. The minimum absolute atomic E-state index is 0.0209. The van der Waals surface area contributed by atoms with Gasteiger partial charge in [-0.25, -0.2) is 0 Å². The van der Waals surface area contributed by atoms with Gasteiger partial charge in [0.2, 0.25) is 5.91 Å². The zero-order valence-corrected chi connectivity index (χ0v) is 9.93. The van der Waals surface area contributed by atoms with E-state index in [0.717, 1.165) is 18.4 Å². The number of ether oxygens (including phenoxy) is 1. The van der Waals surface area contributed by atoms with Crippen LogP contribution in [0.25, 0.3) is 0 Å². The molecule has 5 nitrogen and oxygen atoms in total. The van der Waals surface area contributed by atoms with Gasteiger partial charge in [-0.2, -0.15) is 5.10 Å². The molecule has 5 heteroatoms. The van der Waals surface area contributed by atoms with Gasteiger partial charge in [0.15, 0.2) is 0 Å². The van der Waals surface area contributed by atoms with Gasteiger partial charge in [0, 0.05) is 31.5 Å². The highest BCUT2D eigenvalue weighted by atomic mass is 16.5. The van der Waals surface area contributed by atoms with Gasteiger partial charge in [-0.1, -0.05) is 6.58 Å². The monoisotopic (exact) mass is 235 g/mol. The van der Waals surface area contributed by atoms with Crippen molar-refractivity contribution in [1.29, 1.82) is 0 Å². The first kappa shape index (κ1) is 11.9. The van der Waals surface area contributed by atoms with Crippen LogP contribution in [-0.2, 0) is 16.6 Å². The molecule has 1 N–H and O–H groups in total. The number of carbonyl (C=O) groups excluding carboxylic acids is 1. The maximum absolute atomic E-state index is 11.2. The predicted molar refractivity (Wildman–Crippen MR) is 63.3 cm³/mol. The number of nitrogens with zero attached hydrogens (tertiary/aromatic N) is 2. The smallest absolute Gasteiger partial charge is 0.243 e. The highest BCUT2D eigenvalue weighted by Gasteiger charge is 2.25. The van der Waals surface area contributed by atoms with E-state index in [2.05, 4.69) is 17.0 Å². The molecular formula is C12H17N3O2. The minimum atomic E-state index is -0.123. The third-order valence-electron chi connectivity index (χ3n) is 2.91. The summed E-state index contributed by atoms with van der Waals surface area (Å²) in [5.74, 6) is -0.123. The first-order valence-corrected chi connectivity index (χ1v) is 5.72. The van der Waals surface area contributed by atoms with Crippen molar-refractivity contribution in [3.05, 3.63) is 30.6 Å². The molecule has 2 unspecified atom stereocenters. The summed E-state index contributed by atoms with van der Waals surface area (Å²) in [5, 5.41) is 7.04. The van der Waals surface area contributed by atoms with Crippen molar-refractivity contribution < 1.29 is 9.53 Å². The molecule has 1 aliphatic heterocycles. The second-order valence-electron chi connectivity index (χ2n) is 4.24. The highest BCUT2D eigenvalue weighted by molar-refractivity contribution is 5.87. The summed E-state index contributed by atoms with van der Waals surface area (Å²) >= 11 is 0. The van der Waals surface area contributed by atoms with Crippen molar-refractivity contribution in [2.75, 3.05) is 6.61 Å². The number of amides is 1. The quantitative estimate of drug-likeness (QED) is 0.793. The number of hydrogen-bond donors (Lipinski definition) is 1. The van der Waals surface area contributed by atoms with Crippen molar-refractivity contribution >= 4 is 5.91 Å². The van der Waals surface area contributed by atoms with Crippen molar-refractivity contribution in [2.45, 2.75) is 25.0 Å². The molecular weight excluding hydrogens is 218 g/mol. The van der Waals surface area contributed by atoms with Crippen LogP contribution in [0.1, 0.15) is 24.5 Å². The Balaban J connectivity index is 1.97. The van der Waals surface area contributed by atoms with Gasteiger partial charge in [-0.05, 0) is 18.9 Å². The van der Waals surface area contributed by atoms with Gasteiger partial charge in [0.1, 0.15) is 0 Å². The number of carbonyl (C=O) groups is 1. The Labute approximate surface area is 100 Å². The fourth-order valence-corrected chi connectivity index (χ4v) is 2.03. The predicted octanol–water partition coefficient (Wildman–Crippen LogP) is 0.942. The molecule has 1 fully saturated rings. The Morgan fingerprint density at radius 2 is 2.59 bits per heavy atom. The molecule has 0 aliphatic carbocycles. The van der Waals surface area contributed by atoms with E-state index in [0.29, 0.717) is 6.61 Å². The second-order valence-corrected chi connectivity index (χ2v) is 4.24. The molecule has 0 aromatic carbocycles. The lowest BCUT2D eigenvalue weighted by molar-refractivity contribution is -0.118. The SMILES string of the molecule is C=CC(=O)NC1CCOC(c2cnn(C)c2)C1. The van der Waals surface area contributed by atoms with Crippen LogP contribution in [0.4, 0.5) is 0 Å². The number of aromatic nitrogens is 2. The van der Waals surface area contributed by atoms with E-state index in [1.165, 1.54) is 6.08 Å². The average molecular weight is 235 g/mol. The Morgan fingerprint density at radius 1 is 1.76 bits per heavy atom. The minimum Gasteiger partial charge on any atom is -0.373 e. The lowest BCUT2D eigenvalue weighted by atomic mass is 9.99. The molecule has 1 aromatic rings. The van der Waals surface area contributed by atoms with E-state index >= 15 is 0 Å². The highest BCUT2D eigenvalue weighted by Crippen LogP contribution is 2.27. The zero-order chi connectivity index (χ0) is 12.3. The fraction of sp³-hybridized carbons (Fsp3) is 0.500. The third-order valence-corrected chi connectivity index (χ3v) is 2.91. The number of nitrogens with one attached hydrogen (secondary N) is 1. The van der Waals surface area contributed by atoms with Gasteiger partial charge < -0.3 is 10.1 Å². The van der Waals surface area contributed by atoms with Gasteiger partial charge in [0.25, 0.3) is 0 Å². The normalized spacial score (nSPS) is 24.3. The summed E-state index contributed by atoms with van der Waals surface area (Å²) in [6.45, 7) is 4.10. The summed E-state index contributed by atoms with van der Waals surface area (Å²) < 4.78 is 7.45. The van der Waals surface area contributed by atoms with Crippen LogP contribution < -0.4 is 5.32 Å². The van der Waals surface area contributed by atoms with Crippen molar-refractivity contribution in [3.63, 3.8) is 0 Å². The largest absolute Gasteiger partial charge is 0.373 e. The van der Waals surface area contributed by atoms with Crippen LogP contribution in [0.3, 0.4) is 0 Å². The van der Waals surface area contributed by atoms with Crippen LogP contribution in [0.2, 0.25) is 0 Å². The Bertz CT molecular complexity index is 414. The summed E-state index contributed by atoms with van der Waals surface area (Å²) in [7, 11) is 1.88. The maximum Gasteiger partial charge on any atom is 0.243 e. The molecule has 0 spiro atoms. The molecule has 2 heterocycles. The van der Waals surface area contributed by atoms with Crippen LogP contribution in [0, 0.1) is 0 Å². The van der Waals surface area contributed by atoms with Crippen molar-refractivity contribution in [2.24, 2.45) is 7.05 Å². The fourth-order valence-electron chi connectivity index (χ4n) is 2.03. The Morgan fingerprint density at radius 3 is 3.24 bits per heavy atom. The van der Waals surface area contributed by atoms with E-state index < -0.39 is 0 Å². The maximum atomic E-state index is 11.2. The van der Waals surface area contributed by atoms with E-state index in [4.69, 9.17) is 4.74 Å². The van der Waals surface area contributed by atoms with Crippen LogP contribution in [0.15, 0.2) is 25.0 Å². The van der Waals surface area contributed by atoms with Crippen molar-refractivity contribution in [3.8, 4) is 0 Å². The molecule has 1 aromatic heterocycles. The molecule has 92 valence electrons. The molecule has 1 saturated heterocycles. The summed E-state index contributed by atoms with van der Waals surface area (Å²) in [4.78, 5) is 11.2. The summed E-state index contributed by atoms with van der Waals surface area (Å²) in [6.07, 6.45) is 6.70. The molecule has 2 rings (SSSR count). The number of rotatable bonds is 3. The van der Waals surface area contributed by atoms with E-state index in [-0.39, 0.29) is 18.1 Å². The van der Waals surface area contributed by atoms with Crippen LogP contribution in [-0.4, -0.2) is 28.3 Å². The van der Waals surface area contributed by atoms with Crippen molar-refractivity contribution in [1.82, 2.24) is 15.1 Å². The molecule has 2 atom stereocenters. The standard InChI is InChI=1S/C12H17N3O2/c1-3-12(16)14-10-4-5-17-11(6-10)9-7-13-15(2)8-9/h3,7-8,10-11H,1,4-6H2,2H3,(H,14,16).